The fraction of sp³-hybridized carbons (Fsp3) is 0.188. The number of hydrogen-bond acceptors (Lipinski definition) is 8. The van der Waals surface area contributed by atoms with Crippen LogP contribution >= 0.6 is 34.9 Å². The molecule has 0 bridgehead atoms. The lowest BCUT2D eigenvalue weighted by molar-refractivity contribution is -0.115. The molecule has 140 valence electrons. The Kier molecular flexibility index (Phi) is 6.85. The number of nitrogens with zero attached hydrogens (tertiary/aromatic N) is 4. The van der Waals surface area contributed by atoms with Gasteiger partial charge in [-0.3, -0.25) is 9.59 Å². The Morgan fingerprint density at radius 3 is 2.78 bits per heavy atom. The Bertz CT molecular complexity index is 913. The maximum Gasteiger partial charge on any atom is 0.234 e. The lowest BCUT2D eigenvalue weighted by Crippen LogP contribution is -2.16. The highest BCUT2D eigenvalue weighted by Crippen LogP contribution is 2.27. The van der Waals surface area contributed by atoms with Crippen molar-refractivity contribution >= 4 is 52.4 Å². The largest absolute Gasteiger partial charge is 0.369 e. The fourth-order valence-electron chi connectivity index (χ4n) is 2.11. The molecule has 2 heterocycles. The van der Waals surface area contributed by atoms with E-state index in [0.717, 1.165) is 9.77 Å². The van der Waals surface area contributed by atoms with Crippen LogP contribution in [-0.4, -0.2) is 43.5 Å². The number of para-hydroxylation sites is 1. The first-order valence-corrected chi connectivity index (χ1v) is 10.7. The van der Waals surface area contributed by atoms with Crippen molar-refractivity contribution in [3.8, 4) is 0 Å². The Labute approximate surface area is 167 Å². The summed E-state index contributed by atoms with van der Waals surface area (Å²) in [7, 11) is 0. The van der Waals surface area contributed by atoms with Crippen molar-refractivity contribution in [2.75, 3.05) is 16.8 Å². The van der Waals surface area contributed by atoms with E-state index in [0.29, 0.717) is 17.4 Å². The predicted octanol–water partition coefficient (Wildman–Crippen LogP) is 2.09. The molecule has 0 spiro atoms. The molecule has 0 radical (unpaired) electrons. The molecule has 3 aromatic rings. The third-order valence-corrected chi connectivity index (χ3v) is 6.16. The molecule has 3 rings (SSSR count). The number of nitrogens with two attached hydrogens (primary N) is 1. The topological polar surface area (TPSA) is 116 Å². The lowest BCUT2D eigenvalue weighted by Gasteiger charge is -2.10. The molecule has 0 fully saturated rings. The SMILES string of the molecule is NC(=O)CSc1ccccc1NC(=O)CSc1nnnn1Cc1cccs1. The predicted molar refractivity (Wildman–Crippen MR) is 107 cm³/mol. The molecule has 1 aromatic carbocycles. The highest BCUT2D eigenvalue weighted by atomic mass is 32.2. The van der Waals surface area contributed by atoms with Crippen molar-refractivity contribution in [3.05, 3.63) is 46.7 Å². The fourth-order valence-corrected chi connectivity index (χ4v) is 4.22. The second kappa shape index (κ2) is 9.53. The van der Waals surface area contributed by atoms with Gasteiger partial charge in [-0.1, -0.05) is 30.0 Å². The van der Waals surface area contributed by atoms with Crippen LogP contribution < -0.4 is 11.1 Å². The molecule has 0 aliphatic rings. The van der Waals surface area contributed by atoms with E-state index in [9.17, 15) is 9.59 Å². The van der Waals surface area contributed by atoms with Crippen LogP contribution in [0.1, 0.15) is 4.88 Å². The average molecular weight is 421 g/mol. The van der Waals surface area contributed by atoms with Gasteiger partial charge in [0.05, 0.1) is 23.7 Å². The van der Waals surface area contributed by atoms with Crippen LogP contribution in [0.3, 0.4) is 0 Å². The molecule has 0 saturated heterocycles. The molecule has 0 saturated carbocycles. The third kappa shape index (κ3) is 5.81. The van der Waals surface area contributed by atoms with Gasteiger partial charge in [-0.05, 0) is 34.0 Å². The van der Waals surface area contributed by atoms with E-state index < -0.39 is 5.91 Å². The number of aromatic nitrogens is 4. The van der Waals surface area contributed by atoms with E-state index >= 15 is 0 Å². The zero-order chi connectivity index (χ0) is 19.1. The number of thioether (sulfide) groups is 2. The number of amides is 2. The number of tetrazole rings is 1. The van der Waals surface area contributed by atoms with Crippen molar-refractivity contribution in [2.24, 2.45) is 5.73 Å². The standard InChI is InChI=1S/C16H16N6O2S3/c17-14(23)9-26-13-6-2-1-5-12(13)18-15(24)10-27-16-19-20-21-22(16)8-11-4-3-7-25-11/h1-7H,8-10H2,(H2,17,23)(H,18,24). The minimum Gasteiger partial charge on any atom is -0.369 e. The Hall–Kier alpha value is -2.37. The second-order valence-corrected chi connectivity index (χ2v) is 8.28. The lowest BCUT2D eigenvalue weighted by atomic mass is 10.3. The van der Waals surface area contributed by atoms with Crippen LogP contribution in [0.2, 0.25) is 0 Å². The van der Waals surface area contributed by atoms with E-state index in [4.69, 9.17) is 5.73 Å². The molecule has 3 N–H and O–H groups in total. The Morgan fingerprint density at radius 2 is 2.00 bits per heavy atom. The van der Waals surface area contributed by atoms with Crippen molar-refractivity contribution in [2.45, 2.75) is 16.6 Å². The molecule has 0 atom stereocenters. The molecular weight excluding hydrogens is 404 g/mol. The van der Waals surface area contributed by atoms with Gasteiger partial charge in [0, 0.05) is 9.77 Å². The van der Waals surface area contributed by atoms with Gasteiger partial charge in [0.2, 0.25) is 17.0 Å². The van der Waals surface area contributed by atoms with Crippen molar-refractivity contribution in [1.29, 1.82) is 0 Å². The Balaban J connectivity index is 1.56. The summed E-state index contributed by atoms with van der Waals surface area (Å²) in [6.45, 7) is 0.571. The molecule has 0 unspecified atom stereocenters. The highest BCUT2D eigenvalue weighted by molar-refractivity contribution is 8.00. The van der Waals surface area contributed by atoms with Gasteiger partial charge >= 0.3 is 0 Å². The van der Waals surface area contributed by atoms with Gasteiger partial charge in [0.25, 0.3) is 0 Å². The van der Waals surface area contributed by atoms with E-state index in [1.807, 2.05) is 35.7 Å². The number of carbonyl (C=O) groups excluding carboxylic acids is 2. The van der Waals surface area contributed by atoms with Crippen molar-refractivity contribution < 1.29 is 9.59 Å². The molecule has 0 aliphatic carbocycles. The number of hydrogen-bond donors (Lipinski definition) is 2. The van der Waals surface area contributed by atoms with Crippen LogP contribution in [0.25, 0.3) is 0 Å². The number of carbonyl (C=O) groups is 2. The summed E-state index contributed by atoms with van der Waals surface area (Å²) in [5, 5.41) is 17.1. The van der Waals surface area contributed by atoms with E-state index in [1.165, 1.54) is 23.5 Å². The molecule has 8 nitrogen and oxygen atoms in total. The maximum atomic E-state index is 12.3. The minimum atomic E-state index is -0.408. The normalized spacial score (nSPS) is 10.7. The van der Waals surface area contributed by atoms with E-state index in [1.54, 1.807) is 22.1 Å². The summed E-state index contributed by atoms with van der Waals surface area (Å²) in [5.41, 5.74) is 5.83. The monoisotopic (exact) mass is 420 g/mol. The number of thiophene rings is 1. The number of primary amides is 1. The van der Waals surface area contributed by atoms with Crippen molar-refractivity contribution in [1.82, 2.24) is 20.2 Å². The molecular formula is C16H16N6O2S3. The van der Waals surface area contributed by atoms with Gasteiger partial charge in [0.15, 0.2) is 0 Å². The zero-order valence-corrected chi connectivity index (χ0v) is 16.5. The van der Waals surface area contributed by atoms with E-state index in [-0.39, 0.29) is 17.4 Å². The van der Waals surface area contributed by atoms with Gasteiger partial charge in [-0.15, -0.1) is 28.2 Å². The van der Waals surface area contributed by atoms with Crippen LogP contribution in [0.5, 0.6) is 0 Å². The average Bonchev–Trinajstić information content (AvgIpc) is 3.31. The van der Waals surface area contributed by atoms with Gasteiger partial charge < -0.3 is 11.1 Å². The summed E-state index contributed by atoms with van der Waals surface area (Å²) < 4.78 is 1.67. The maximum absolute atomic E-state index is 12.3. The van der Waals surface area contributed by atoms with Gasteiger partial charge in [-0.25, -0.2) is 4.68 Å². The molecule has 2 aromatic heterocycles. The van der Waals surface area contributed by atoms with Gasteiger partial charge in [0.1, 0.15) is 0 Å². The van der Waals surface area contributed by atoms with Crippen LogP contribution in [0.15, 0.2) is 51.8 Å². The van der Waals surface area contributed by atoms with E-state index in [2.05, 4.69) is 20.8 Å². The summed E-state index contributed by atoms with van der Waals surface area (Å²) in [4.78, 5) is 25.2. The zero-order valence-electron chi connectivity index (χ0n) is 14.1. The second-order valence-electron chi connectivity index (χ2n) is 5.29. The smallest absolute Gasteiger partial charge is 0.234 e. The summed E-state index contributed by atoms with van der Waals surface area (Å²) in [6, 6.07) is 11.3. The summed E-state index contributed by atoms with van der Waals surface area (Å²) >= 11 is 4.18. The van der Waals surface area contributed by atoms with Crippen LogP contribution in [0.4, 0.5) is 5.69 Å². The van der Waals surface area contributed by atoms with Gasteiger partial charge in [-0.2, -0.15) is 0 Å². The molecule has 2 amide bonds. The third-order valence-electron chi connectivity index (χ3n) is 3.25. The first kappa shape index (κ1) is 19.4. The number of nitrogens with one attached hydrogen (secondary N) is 1. The quantitative estimate of drug-likeness (QED) is 0.509. The number of rotatable bonds is 9. The molecule has 0 aliphatic heterocycles. The van der Waals surface area contributed by atoms with Crippen LogP contribution in [0, 0.1) is 0 Å². The first-order chi connectivity index (χ1) is 13.1. The Morgan fingerprint density at radius 1 is 1.15 bits per heavy atom. The van der Waals surface area contributed by atoms with Crippen LogP contribution in [-0.2, 0) is 16.1 Å². The molecule has 11 heteroatoms. The molecule has 27 heavy (non-hydrogen) atoms. The number of benzene rings is 1. The first-order valence-electron chi connectivity index (χ1n) is 7.83. The highest BCUT2D eigenvalue weighted by Gasteiger charge is 2.12. The summed E-state index contributed by atoms with van der Waals surface area (Å²) in [5.74, 6) is -0.272. The number of anilines is 1. The van der Waals surface area contributed by atoms with Crippen molar-refractivity contribution in [3.63, 3.8) is 0 Å². The minimum absolute atomic E-state index is 0.152. The summed E-state index contributed by atoms with van der Waals surface area (Å²) in [6.07, 6.45) is 0.